The molecule has 0 bridgehead atoms. The van der Waals surface area contributed by atoms with Crippen LogP contribution in [0.25, 0.3) is 0 Å². The van der Waals surface area contributed by atoms with Crippen LogP contribution in [0.1, 0.15) is 32.5 Å². The number of hydrogen-bond acceptors (Lipinski definition) is 3. The predicted molar refractivity (Wildman–Crippen MR) is 72.3 cm³/mol. The van der Waals surface area contributed by atoms with Gasteiger partial charge in [-0.3, -0.25) is 0 Å². The number of aromatic amines is 1. The van der Waals surface area contributed by atoms with Crippen molar-refractivity contribution >= 4 is 21.6 Å². The fourth-order valence-electron chi connectivity index (χ4n) is 1.57. The molecule has 0 saturated carbocycles. The molecule has 0 amide bonds. The van der Waals surface area contributed by atoms with E-state index in [0.29, 0.717) is 24.7 Å². The molecule has 0 radical (unpaired) electrons. The number of hydrogen-bond donors (Lipinski definition) is 2. The summed E-state index contributed by atoms with van der Waals surface area (Å²) >= 11 is 5.67. The van der Waals surface area contributed by atoms with Gasteiger partial charge in [-0.2, -0.15) is 0 Å². The number of rotatable bonds is 8. The Morgan fingerprint density at radius 2 is 2.22 bits per heavy atom. The van der Waals surface area contributed by atoms with E-state index >= 15 is 0 Å². The van der Waals surface area contributed by atoms with E-state index in [1.54, 1.807) is 0 Å². The second kappa shape index (κ2) is 7.11. The zero-order valence-corrected chi connectivity index (χ0v) is 12.3. The number of aromatic nitrogens is 2. The van der Waals surface area contributed by atoms with E-state index < -0.39 is 10.0 Å². The van der Waals surface area contributed by atoms with Gasteiger partial charge in [0.25, 0.3) is 10.0 Å². The predicted octanol–water partition coefficient (Wildman–Crippen LogP) is 1.91. The monoisotopic (exact) mass is 293 g/mol. The first kappa shape index (κ1) is 15.5. The summed E-state index contributed by atoms with van der Waals surface area (Å²) in [5.74, 6) is 1.48. The van der Waals surface area contributed by atoms with Crippen LogP contribution in [-0.2, 0) is 16.4 Å². The van der Waals surface area contributed by atoms with Crippen molar-refractivity contribution in [1.82, 2.24) is 14.7 Å². The molecule has 0 aromatic carbocycles. The summed E-state index contributed by atoms with van der Waals surface area (Å²) in [5.41, 5.74) is 0. The minimum absolute atomic E-state index is 0.125. The largest absolute Gasteiger partial charge is 0.332 e. The van der Waals surface area contributed by atoms with Crippen molar-refractivity contribution in [1.29, 1.82) is 0 Å². The van der Waals surface area contributed by atoms with Crippen LogP contribution < -0.4 is 4.72 Å². The van der Waals surface area contributed by atoms with Crippen LogP contribution in [0.15, 0.2) is 11.2 Å². The van der Waals surface area contributed by atoms with Crippen LogP contribution >= 0.6 is 11.6 Å². The van der Waals surface area contributed by atoms with E-state index in [2.05, 4.69) is 14.7 Å². The first-order chi connectivity index (χ1) is 8.53. The molecule has 0 saturated heterocycles. The van der Waals surface area contributed by atoms with Crippen molar-refractivity contribution in [3.05, 3.63) is 12.0 Å². The molecule has 104 valence electrons. The number of nitrogens with one attached hydrogen (secondary N) is 2. The molecule has 1 aromatic rings. The Morgan fingerprint density at radius 3 is 2.72 bits per heavy atom. The second-order valence-electron chi connectivity index (χ2n) is 4.15. The van der Waals surface area contributed by atoms with Gasteiger partial charge in [-0.1, -0.05) is 20.3 Å². The summed E-state index contributed by atoms with van der Waals surface area (Å²) in [7, 11) is -3.48. The number of alkyl halides is 1. The van der Waals surface area contributed by atoms with Crippen LogP contribution in [-0.4, -0.2) is 30.8 Å². The van der Waals surface area contributed by atoms with Gasteiger partial charge in [0.1, 0.15) is 5.82 Å². The van der Waals surface area contributed by atoms with Crippen LogP contribution in [0.2, 0.25) is 0 Å². The summed E-state index contributed by atoms with van der Waals surface area (Å²) in [5, 5.41) is 0.125. The van der Waals surface area contributed by atoms with E-state index in [-0.39, 0.29) is 10.9 Å². The molecule has 7 heteroatoms. The molecule has 1 aromatic heterocycles. The van der Waals surface area contributed by atoms with E-state index in [4.69, 9.17) is 11.6 Å². The zero-order chi connectivity index (χ0) is 13.6. The first-order valence-corrected chi connectivity index (χ1v) is 8.14. The average Bonchev–Trinajstić information content (AvgIpc) is 2.84. The highest BCUT2D eigenvalue weighted by molar-refractivity contribution is 7.89. The second-order valence-corrected chi connectivity index (χ2v) is 6.26. The van der Waals surface area contributed by atoms with Gasteiger partial charge in [-0.25, -0.2) is 18.1 Å². The number of H-pyrrole nitrogens is 1. The Kier molecular flexibility index (Phi) is 6.11. The van der Waals surface area contributed by atoms with E-state index in [1.807, 2.05) is 13.8 Å². The third-order valence-corrected chi connectivity index (χ3v) is 4.44. The highest BCUT2D eigenvalue weighted by Gasteiger charge is 2.18. The summed E-state index contributed by atoms with van der Waals surface area (Å²) < 4.78 is 26.5. The lowest BCUT2D eigenvalue weighted by Gasteiger charge is -2.13. The van der Waals surface area contributed by atoms with E-state index in [9.17, 15) is 8.42 Å². The number of nitrogens with zero attached hydrogens (tertiary/aromatic N) is 1. The molecule has 0 spiro atoms. The maximum Gasteiger partial charge on any atom is 0.257 e. The standard InChI is InChI=1S/C11H20ClN3O2S/c1-3-9(5-6-12)7-14-18(16,17)11-8-13-10(4-2)15-11/h8-9,14H,3-7H2,1-2H3,(H,13,15). The van der Waals surface area contributed by atoms with Crippen molar-refractivity contribution < 1.29 is 8.42 Å². The minimum Gasteiger partial charge on any atom is -0.332 e. The fraction of sp³-hybridized carbons (Fsp3) is 0.727. The lowest BCUT2D eigenvalue weighted by atomic mass is 10.0. The zero-order valence-electron chi connectivity index (χ0n) is 10.7. The molecule has 18 heavy (non-hydrogen) atoms. The minimum atomic E-state index is -3.48. The van der Waals surface area contributed by atoms with Gasteiger partial charge in [0.15, 0.2) is 5.03 Å². The Bertz CT molecular complexity index is 459. The van der Waals surface area contributed by atoms with Crippen LogP contribution in [0.4, 0.5) is 0 Å². The highest BCUT2D eigenvalue weighted by atomic mass is 35.5. The van der Waals surface area contributed by atoms with Crippen LogP contribution in [0.3, 0.4) is 0 Å². The molecule has 1 heterocycles. The summed E-state index contributed by atoms with van der Waals surface area (Å²) in [6.07, 6.45) is 3.74. The summed E-state index contributed by atoms with van der Waals surface area (Å²) in [6, 6.07) is 0. The Balaban J connectivity index is 2.64. The normalized spacial score (nSPS) is 13.7. The van der Waals surface area contributed by atoms with Gasteiger partial charge in [0.05, 0.1) is 6.20 Å². The van der Waals surface area contributed by atoms with Crippen molar-refractivity contribution in [3.63, 3.8) is 0 Å². The number of imidazole rings is 1. The maximum absolute atomic E-state index is 12.0. The van der Waals surface area contributed by atoms with Crippen molar-refractivity contribution in [2.75, 3.05) is 12.4 Å². The topological polar surface area (TPSA) is 74.8 Å². The van der Waals surface area contributed by atoms with Gasteiger partial charge in [0.2, 0.25) is 0 Å². The lowest BCUT2D eigenvalue weighted by Crippen LogP contribution is -2.29. The maximum atomic E-state index is 12.0. The van der Waals surface area contributed by atoms with Crippen molar-refractivity contribution in [2.45, 2.75) is 38.1 Å². The van der Waals surface area contributed by atoms with Gasteiger partial charge < -0.3 is 4.98 Å². The summed E-state index contributed by atoms with van der Waals surface area (Å²) in [4.78, 5) is 6.78. The number of sulfonamides is 1. The number of aryl methyl sites for hydroxylation is 1. The first-order valence-electron chi connectivity index (χ1n) is 6.13. The molecule has 1 atom stereocenters. The van der Waals surface area contributed by atoms with Crippen LogP contribution in [0.5, 0.6) is 0 Å². The van der Waals surface area contributed by atoms with Crippen molar-refractivity contribution in [3.8, 4) is 0 Å². The molecular formula is C11H20ClN3O2S. The van der Waals surface area contributed by atoms with E-state index in [1.165, 1.54) is 6.20 Å². The van der Waals surface area contributed by atoms with E-state index in [0.717, 1.165) is 12.8 Å². The molecular weight excluding hydrogens is 274 g/mol. The molecule has 0 fully saturated rings. The van der Waals surface area contributed by atoms with Crippen LogP contribution in [0, 0.1) is 5.92 Å². The fourth-order valence-corrected chi connectivity index (χ4v) is 2.93. The molecule has 0 aliphatic rings. The van der Waals surface area contributed by atoms with Gasteiger partial charge >= 0.3 is 0 Å². The Hall–Kier alpha value is -0.590. The molecule has 5 nitrogen and oxygen atoms in total. The highest BCUT2D eigenvalue weighted by Crippen LogP contribution is 2.11. The summed E-state index contributed by atoms with van der Waals surface area (Å²) in [6.45, 7) is 4.35. The Labute approximate surface area is 113 Å². The van der Waals surface area contributed by atoms with Gasteiger partial charge in [-0.15, -0.1) is 11.6 Å². The third kappa shape index (κ3) is 4.26. The SMILES string of the molecule is CCc1ncc(S(=O)(=O)NCC(CC)CCCl)[nH]1. The average molecular weight is 294 g/mol. The molecule has 0 aliphatic heterocycles. The third-order valence-electron chi connectivity index (χ3n) is 2.89. The molecule has 1 rings (SSSR count). The van der Waals surface area contributed by atoms with Gasteiger partial charge in [-0.05, 0) is 12.3 Å². The molecule has 0 aliphatic carbocycles. The lowest BCUT2D eigenvalue weighted by molar-refractivity contribution is 0.480. The molecule has 1 unspecified atom stereocenters. The van der Waals surface area contributed by atoms with Crippen molar-refractivity contribution in [2.24, 2.45) is 5.92 Å². The quantitative estimate of drug-likeness (QED) is 0.719. The van der Waals surface area contributed by atoms with Gasteiger partial charge in [0, 0.05) is 18.8 Å². The molecule has 2 N–H and O–H groups in total. The smallest absolute Gasteiger partial charge is 0.257 e. The number of halogens is 1. The Morgan fingerprint density at radius 1 is 1.50 bits per heavy atom.